The average Bonchev–Trinajstić information content (AvgIpc) is 2.45. The van der Waals surface area contributed by atoms with E-state index in [2.05, 4.69) is 0 Å². The minimum atomic E-state index is -0.660. The summed E-state index contributed by atoms with van der Waals surface area (Å²) >= 11 is 0. The third kappa shape index (κ3) is 2.70. The Hall–Kier alpha value is -2.19. The number of hydrogen-bond acceptors (Lipinski definition) is 6. The second kappa shape index (κ2) is 5.85. The van der Waals surface area contributed by atoms with E-state index in [1.165, 1.54) is 23.1 Å². The van der Waals surface area contributed by atoms with Crippen LogP contribution in [-0.2, 0) is 4.74 Å². The van der Waals surface area contributed by atoms with E-state index in [1.54, 1.807) is 0 Å². The van der Waals surface area contributed by atoms with Crippen molar-refractivity contribution < 1.29 is 19.6 Å². The first-order valence-electron chi connectivity index (χ1n) is 6.09. The number of ether oxygens (including phenoxy) is 1. The Labute approximate surface area is 114 Å². The molecule has 0 bridgehead atoms. The Balaban J connectivity index is 2.29. The van der Waals surface area contributed by atoms with Crippen molar-refractivity contribution in [2.45, 2.75) is 6.10 Å². The summed E-state index contributed by atoms with van der Waals surface area (Å²) < 4.78 is 5.24. The van der Waals surface area contributed by atoms with Gasteiger partial charge in [-0.25, -0.2) is 0 Å². The summed E-state index contributed by atoms with van der Waals surface area (Å²) in [7, 11) is 0. The lowest BCUT2D eigenvalue weighted by Gasteiger charge is -2.32. The molecule has 1 aromatic rings. The van der Waals surface area contributed by atoms with Gasteiger partial charge in [0, 0.05) is 13.1 Å². The fraction of sp³-hybridized carbons (Fsp3) is 0.417. The van der Waals surface area contributed by atoms with Crippen LogP contribution < -0.4 is 5.73 Å². The van der Waals surface area contributed by atoms with E-state index in [-0.39, 0.29) is 36.7 Å². The molecular formula is C12H15N3O5. The maximum absolute atomic E-state index is 12.4. The number of nitro benzene ring substituents is 1. The first kappa shape index (κ1) is 14.2. The number of nitrogens with two attached hydrogens (primary N) is 1. The van der Waals surface area contributed by atoms with E-state index in [0.29, 0.717) is 6.54 Å². The van der Waals surface area contributed by atoms with Crippen molar-refractivity contribution >= 4 is 17.3 Å². The van der Waals surface area contributed by atoms with Crippen molar-refractivity contribution in [3.8, 4) is 0 Å². The highest BCUT2D eigenvalue weighted by atomic mass is 16.6. The summed E-state index contributed by atoms with van der Waals surface area (Å²) in [4.78, 5) is 24.2. The van der Waals surface area contributed by atoms with Crippen molar-refractivity contribution in [3.63, 3.8) is 0 Å². The molecule has 3 N–H and O–H groups in total. The molecule has 1 atom stereocenters. The van der Waals surface area contributed by atoms with Crippen LogP contribution in [0.4, 0.5) is 11.4 Å². The molecule has 0 aliphatic carbocycles. The van der Waals surface area contributed by atoms with Gasteiger partial charge in [0.05, 0.1) is 24.2 Å². The van der Waals surface area contributed by atoms with Crippen LogP contribution in [0.25, 0.3) is 0 Å². The predicted octanol–water partition coefficient (Wildman–Crippen LogP) is 0.0103. The number of nitrogen functional groups attached to an aromatic ring is 1. The predicted molar refractivity (Wildman–Crippen MR) is 70.2 cm³/mol. The standard InChI is InChI=1S/C12H15N3O5/c13-10-3-1-2-9(11(10)15(18)19)12(17)14-4-5-20-8(6-14)7-16/h1-3,8,16H,4-7,13H2. The van der Waals surface area contributed by atoms with E-state index >= 15 is 0 Å². The molecule has 108 valence electrons. The van der Waals surface area contributed by atoms with Gasteiger partial charge in [-0.3, -0.25) is 14.9 Å². The molecule has 2 rings (SSSR count). The van der Waals surface area contributed by atoms with Gasteiger partial charge in [0.2, 0.25) is 0 Å². The molecule has 0 saturated carbocycles. The number of nitrogens with zero attached hydrogens (tertiary/aromatic N) is 2. The molecule has 1 heterocycles. The van der Waals surface area contributed by atoms with E-state index in [0.717, 1.165) is 0 Å². The minimum absolute atomic E-state index is 0.0476. The molecule has 1 aliphatic heterocycles. The third-order valence-electron chi connectivity index (χ3n) is 3.11. The van der Waals surface area contributed by atoms with Gasteiger partial charge in [0.15, 0.2) is 0 Å². The highest BCUT2D eigenvalue weighted by Crippen LogP contribution is 2.27. The molecule has 0 aromatic heterocycles. The van der Waals surface area contributed by atoms with Gasteiger partial charge in [0.25, 0.3) is 5.91 Å². The zero-order valence-electron chi connectivity index (χ0n) is 10.7. The van der Waals surface area contributed by atoms with Crippen molar-refractivity contribution in [3.05, 3.63) is 33.9 Å². The SMILES string of the molecule is Nc1cccc(C(=O)N2CCOC(CO)C2)c1[N+](=O)[O-]. The topological polar surface area (TPSA) is 119 Å². The van der Waals surface area contributed by atoms with Gasteiger partial charge in [-0.1, -0.05) is 6.07 Å². The Morgan fingerprint density at radius 2 is 2.35 bits per heavy atom. The summed E-state index contributed by atoms with van der Waals surface area (Å²) in [5.74, 6) is -0.481. The Bertz CT molecular complexity index is 534. The average molecular weight is 281 g/mol. The van der Waals surface area contributed by atoms with Crippen molar-refractivity contribution in [2.24, 2.45) is 0 Å². The molecule has 1 aliphatic rings. The van der Waals surface area contributed by atoms with Gasteiger partial charge in [-0.2, -0.15) is 0 Å². The number of amides is 1. The molecule has 1 unspecified atom stereocenters. The maximum atomic E-state index is 12.4. The van der Waals surface area contributed by atoms with Crippen LogP contribution in [0.2, 0.25) is 0 Å². The van der Waals surface area contributed by atoms with Gasteiger partial charge in [0.1, 0.15) is 11.3 Å². The number of carbonyl (C=O) groups is 1. The molecule has 1 aromatic carbocycles. The molecule has 1 saturated heterocycles. The lowest BCUT2D eigenvalue weighted by molar-refractivity contribution is -0.384. The summed E-state index contributed by atoms with van der Waals surface area (Å²) in [6, 6.07) is 4.25. The molecule has 0 spiro atoms. The Kier molecular flexibility index (Phi) is 4.16. The quantitative estimate of drug-likeness (QED) is 0.457. The zero-order chi connectivity index (χ0) is 14.7. The minimum Gasteiger partial charge on any atom is -0.394 e. The smallest absolute Gasteiger partial charge is 0.304 e. The number of morpholine rings is 1. The normalized spacial score (nSPS) is 18.9. The number of rotatable bonds is 3. The van der Waals surface area contributed by atoms with E-state index in [1.807, 2.05) is 0 Å². The first-order valence-corrected chi connectivity index (χ1v) is 6.09. The summed E-state index contributed by atoms with van der Waals surface area (Å²) in [5.41, 5.74) is 5.09. The number of aliphatic hydroxyl groups excluding tert-OH is 1. The molecule has 8 nitrogen and oxygen atoms in total. The van der Waals surface area contributed by atoms with Crippen molar-refractivity contribution in [1.29, 1.82) is 0 Å². The second-order valence-corrected chi connectivity index (χ2v) is 4.43. The molecule has 8 heteroatoms. The van der Waals surface area contributed by atoms with Gasteiger partial charge >= 0.3 is 5.69 Å². The monoisotopic (exact) mass is 281 g/mol. The van der Waals surface area contributed by atoms with Gasteiger partial charge in [-0.15, -0.1) is 0 Å². The summed E-state index contributed by atoms with van der Waals surface area (Å²) in [6.45, 7) is 0.596. The molecule has 1 fully saturated rings. The van der Waals surface area contributed by atoms with E-state index in [4.69, 9.17) is 15.6 Å². The van der Waals surface area contributed by atoms with Gasteiger partial charge in [-0.05, 0) is 12.1 Å². The largest absolute Gasteiger partial charge is 0.394 e. The number of hydrogen-bond donors (Lipinski definition) is 2. The van der Waals surface area contributed by atoms with Crippen LogP contribution in [0.3, 0.4) is 0 Å². The fourth-order valence-electron chi connectivity index (χ4n) is 2.12. The van der Waals surface area contributed by atoms with E-state index < -0.39 is 16.9 Å². The maximum Gasteiger partial charge on any atom is 0.304 e. The molecule has 20 heavy (non-hydrogen) atoms. The number of nitro groups is 1. The van der Waals surface area contributed by atoms with Crippen LogP contribution in [0.1, 0.15) is 10.4 Å². The molecular weight excluding hydrogens is 266 g/mol. The number of aliphatic hydroxyl groups is 1. The highest BCUT2D eigenvalue weighted by molar-refractivity contribution is 6.00. The van der Waals surface area contributed by atoms with Crippen molar-refractivity contribution in [2.75, 3.05) is 32.0 Å². The Morgan fingerprint density at radius 1 is 1.60 bits per heavy atom. The molecule has 0 radical (unpaired) electrons. The lowest BCUT2D eigenvalue weighted by atomic mass is 10.1. The van der Waals surface area contributed by atoms with Crippen LogP contribution in [-0.4, -0.2) is 53.2 Å². The van der Waals surface area contributed by atoms with Crippen LogP contribution in [0, 0.1) is 10.1 Å². The van der Waals surface area contributed by atoms with Crippen molar-refractivity contribution in [1.82, 2.24) is 4.90 Å². The number of benzene rings is 1. The number of carbonyl (C=O) groups excluding carboxylic acids is 1. The third-order valence-corrected chi connectivity index (χ3v) is 3.11. The second-order valence-electron chi connectivity index (χ2n) is 4.43. The lowest BCUT2D eigenvalue weighted by Crippen LogP contribution is -2.47. The first-order chi connectivity index (χ1) is 9.54. The number of anilines is 1. The van der Waals surface area contributed by atoms with Crippen LogP contribution in [0.15, 0.2) is 18.2 Å². The highest BCUT2D eigenvalue weighted by Gasteiger charge is 2.30. The van der Waals surface area contributed by atoms with Crippen LogP contribution in [0.5, 0.6) is 0 Å². The summed E-state index contributed by atoms with van der Waals surface area (Å²) in [6.07, 6.45) is -0.465. The van der Waals surface area contributed by atoms with E-state index in [9.17, 15) is 14.9 Å². The number of para-hydroxylation sites is 1. The Morgan fingerprint density at radius 3 is 3.00 bits per heavy atom. The fourth-order valence-corrected chi connectivity index (χ4v) is 2.12. The van der Waals surface area contributed by atoms with Crippen LogP contribution >= 0.6 is 0 Å². The van der Waals surface area contributed by atoms with Gasteiger partial charge < -0.3 is 20.5 Å². The summed E-state index contributed by atoms with van der Waals surface area (Å²) in [5, 5.41) is 20.1. The molecule has 1 amide bonds. The zero-order valence-corrected chi connectivity index (χ0v) is 10.7.